The van der Waals surface area contributed by atoms with Crippen molar-refractivity contribution in [2.45, 2.75) is 20.0 Å². The van der Waals surface area contributed by atoms with Crippen molar-refractivity contribution in [2.75, 3.05) is 33.3 Å². The van der Waals surface area contributed by atoms with Crippen LogP contribution in [0.15, 0.2) is 24.3 Å². The third kappa shape index (κ3) is 3.85. The second kappa shape index (κ2) is 5.80. The van der Waals surface area contributed by atoms with E-state index >= 15 is 0 Å². The van der Waals surface area contributed by atoms with Crippen LogP contribution < -0.4 is 15.2 Å². The molecule has 0 saturated heterocycles. The molecule has 0 bridgehead atoms. The second-order valence-corrected chi connectivity index (χ2v) is 6.06. The molecular formula is C15H24N2O2. The minimum atomic E-state index is 0.0773. The van der Waals surface area contributed by atoms with E-state index in [2.05, 4.69) is 25.8 Å². The largest absolute Gasteiger partial charge is 0.486 e. The van der Waals surface area contributed by atoms with Gasteiger partial charge in [0.05, 0.1) is 0 Å². The van der Waals surface area contributed by atoms with E-state index in [1.165, 1.54) is 0 Å². The first-order chi connectivity index (χ1) is 9.00. The quantitative estimate of drug-likeness (QED) is 0.880. The first-order valence-electron chi connectivity index (χ1n) is 6.77. The van der Waals surface area contributed by atoms with Gasteiger partial charge in [0.2, 0.25) is 0 Å². The van der Waals surface area contributed by atoms with Gasteiger partial charge in [-0.15, -0.1) is 0 Å². The highest BCUT2D eigenvalue weighted by atomic mass is 16.6. The van der Waals surface area contributed by atoms with Crippen LogP contribution in [0.5, 0.6) is 11.5 Å². The van der Waals surface area contributed by atoms with Gasteiger partial charge in [0.25, 0.3) is 0 Å². The molecule has 1 unspecified atom stereocenters. The van der Waals surface area contributed by atoms with E-state index in [4.69, 9.17) is 15.2 Å². The Morgan fingerprint density at radius 2 is 2.00 bits per heavy atom. The number of likely N-dealkylation sites (N-methyl/N-ethyl adjacent to an activating group) is 1. The minimum Gasteiger partial charge on any atom is -0.486 e. The zero-order valence-corrected chi connectivity index (χ0v) is 12.1. The summed E-state index contributed by atoms with van der Waals surface area (Å²) in [6.07, 6.45) is 0.0773. The highest BCUT2D eigenvalue weighted by molar-refractivity contribution is 5.40. The van der Waals surface area contributed by atoms with Gasteiger partial charge < -0.3 is 20.1 Å². The first kappa shape index (κ1) is 14.2. The molecule has 1 aliphatic heterocycles. The number of fused-ring (bicyclic) bond motifs is 1. The predicted octanol–water partition coefficient (Wildman–Crippen LogP) is 1.74. The second-order valence-electron chi connectivity index (χ2n) is 6.06. The fraction of sp³-hybridized carbons (Fsp3) is 0.600. The lowest BCUT2D eigenvalue weighted by Crippen LogP contribution is -2.44. The lowest BCUT2D eigenvalue weighted by atomic mass is 9.93. The Labute approximate surface area is 115 Å². The van der Waals surface area contributed by atoms with E-state index in [0.717, 1.165) is 24.6 Å². The zero-order valence-electron chi connectivity index (χ0n) is 12.1. The lowest BCUT2D eigenvalue weighted by Gasteiger charge is -2.33. The smallest absolute Gasteiger partial charge is 0.161 e. The molecule has 0 amide bonds. The van der Waals surface area contributed by atoms with Gasteiger partial charge in [0.1, 0.15) is 12.7 Å². The SMILES string of the molecule is CN(CC1COc2ccccc2O1)CC(C)(C)CN. The Morgan fingerprint density at radius 3 is 2.68 bits per heavy atom. The van der Waals surface area contributed by atoms with Gasteiger partial charge in [0, 0.05) is 13.1 Å². The standard InChI is InChI=1S/C15H24N2O2/c1-15(2,10-16)11-17(3)8-12-9-18-13-6-4-5-7-14(13)19-12/h4-7,12H,8-11,16H2,1-3H3. The summed E-state index contributed by atoms with van der Waals surface area (Å²) in [6.45, 7) is 7.43. The van der Waals surface area contributed by atoms with Gasteiger partial charge in [-0.05, 0) is 31.1 Å². The topological polar surface area (TPSA) is 47.7 Å². The lowest BCUT2D eigenvalue weighted by molar-refractivity contribution is 0.0568. The van der Waals surface area contributed by atoms with Crippen LogP contribution in [0.2, 0.25) is 0 Å². The van der Waals surface area contributed by atoms with E-state index < -0.39 is 0 Å². The number of nitrogens with zero attached hydrogens (tertiary/aromatic N) is 1. The summed E-state index contributed by atoms with van der Waals surface area (Å²) < 4.78 is 11.7. The molecule has 0 aliphatic carbocycles. The summed E-state index contributed by atoms with van der Waals surface area (Å²) >= 11 is 0. The molecular weight excluding hydrogens is 240 g/mol. The summed E-state index contributed by atoms with van der Waals surface area (Å²) in [5.74, 6) is 1.67. The fourth-order valence-electron chi connectivity index (χ4n) is 2.36. The average Bonchev–Trinajstić information content (AvgIpc) is 2.38. The summed E-state index contributed by atoms with van der Waals surface area (Å²) in [5.41, 5.74) is 5.90. The van der Waals surface area contributed by atoms with Gasteiger partial charge in [-0.1, -0.05) is 26.0 Å². The van der Waals surface area contributed by atoms with Crippen molar-refractivity contribution in [1.29, 1.82) is 0 Å². The van der Waals surface area contributed by atoms with E-state index in [1.54, 1.807) is 0 Å². The summed E-state index contributed by atoms with van der Waals surface area (Å²) in [6, 6.07) is 7.81. The Bertz CT molecular complexity index is 420. The van der Waals surface area contributed by atoms with Crippen LogP contribution in [-0.4, -0.2) is 44.3 Å². The number of nitrogens with two attached hydrogens (primary N) is 1. The van der Waals surface area contributed by atoms with E-state index in [9.17, 15) is 0 Å². The molecule has 106 valence electrons. The minimum absolute atomic E-state index is 0.0773. The number of ether oxygens (including phenoxy) is 2. The van der Waals surface area contributed by atoms with Crippen LogP contribution in [0.3, 0.4) is 0 Å². The van der Waals surface area contributed by atoms with Crippen LogP contribution in [0, 0.1) is 5.41 Å². The number of rotatable bonds is 5. The molecule has 2 N–H and O–H groups in total. The highest BCUT2D eigenvalue weighted by Gasteiger charge is 2.24. The monoisotopic (exact) mass is 264 g/mol. The molecule has 1 aliphatic rings. The Hall–Kier alpha value is -1.26. The van der Waals surface area contributed by atoms with Gasteiger partial charge in [-0.2, -0.15) is 0 Å². The summed E-state index contributed by atoms with van der Waals surface area (Å²) in [4.78, 5) is 2.26. The van der Waals surface area contributed by atoms with Crippen molar-refractivity contribution in [3.05, 3.63) is 24.3 Å². The van der Waals surface area contributed by atoms with Crippen molar-refractivity contribution >= 4 is 0 Å². The molecule has 0 fully saturated rings. The molecule has 19 heavy (non-hydrogen) atoms. The summed E-state index contributed by atoms with van der Waals surface area (Å²) in [7, 11) is 2.10. The zero-order chi connectivity index (χ0) is 13.9. The van der Waals surface area contributed by atoms with Crippen LogP contribution in [0.1, 0.15) is 13.8 Å². The molecule has 1 aromatic carbocycles. The van der Waals surface area contributed by atoms with Crippen molar-refractivity contribution < 1.29 is 9.47 Å². The Balaban J connectivity index is 1.88. The van der Waals surface area contributed by atoms with Gasteiger partial charge >= 0.3 is 0 Å². The molecule has 0 radical (unpaired) electrons. The van der Waals surface area contributed by atoms with Crippen molar-refractivity contribution in [3.8, 4) is 11.5 Å². The molecule has 1 aromatic rings. The maximum absolute atomic E-state index is 5.95. The molecule has 1 heterocycles. The van der Waals surface area contributed by atoms with Crippen molar-refractivity contribution in [2.24, 2.45) is 11.1 Å². The van der Waals surface area contributed by atoms with E-state index in [0.29, 0.717) is 13.2 Å². The maximum atomic E-state index is 5.95. The van der Waals surface area contributed by atoms with Crippen molar-refractivity contribution in [3.63, 3.8) is 0 Å². The van der Waals surface area contributed by atoms with Gasteiger partial charge in [-0.25, -0.2) is 0 Å². The van der Waals surface area contributed by atoms with Crippen LogP contribution in [-0.2, 0) is 0 Å². The Kier molecular flexibility index (Phi) is 4.32. The van der Waals surface area contributed by atoms with E-state index in [1.807, 2.05) is 24.3 Å². The van der Waals surface area contributed by atoms with Crippen LogP contribution in [0.25, 0.3) is 0 Å². The molecule has 2 rings (SSSR count). The van der Waals surface area contributed by atoms with Gasteiger partial charge in [0.15, 0.2) is 11.5 Å². The number of para-hydroxylation sites is 2. The third-order valence-electron chi connectivity index (χ3n) is 3.33. The van der Waals surface area contributed by atoms with Crippen LogP contribution >= 0.6 is 0 Å². The molecule has 0 aromatic heterocycles. The molecule has 0 spiro atoms. The van der Waals surface area contributed by atoms with Crippen molar-refractivity contribution in [1.82, 2.24) is 4.90 Å². The molecule has 0 saturated carbocycles. The first-order valence-corrected chi connectivity index (χ1v) is 6.77. The number of benzene rings is 1. The van der Waals surface area contributed by atoms with Crippen LogP contribution in [0.4, 0.5) is 0 Å². The molecule has 1 atom stereocenters. The molecule has 4 nitrogen and oxygen atoms in total. The third-order valence-corrected chi connectivity index (χ3v) is 3.33. The summed E-state index contributed by atoms with van der Waals surface area (Å²) in [5, 5.41) is 0. The fourth-order valence-corrected chi connectivity index (χ4v) is 2.36. The highest BCUT2D eigenvalue weighted by Crippen LogP contribution is 2.31. The maximum Gasteiger partial charge on any atom is 0.161 e. The molecule has 4 heteroatoms. The normalized spacial score (nSPS) is 18.7. The predicted molar refractivity (Wildman–Crippen MR) is 76.7 cm³/mol. The van der Waals surface area contributed by atoms with E-state index in [-0.39, 0.29) is 11.5 Å². The van der Waals surface area contributed by atoms with Gasteiger partial charge in [-0.3, -0.25) is 0 Å². The Morgan fingerprint density at radius 1 is 1.32 bits per heavy atom. The number of hydrogen-bond donors (Lipinski definition) is 1. The average molecular weight is 264 g/mol. The number of hydrogen-bond acceptors (Lipinski definition) is 4.